The minimum atomic E-state index is 0.479. The average Bonchev–Trinajstić information content (AvgIpc) is 2.36. The van der Waals surface area contributed by atoms with Gasteiger partial charge >= 0.3 is 0 Å². The summed E-state index contributed by atoms with van der Waals surface area (Å²) in [5, 5.41) is 12.2. The lowest BCUT2D eigenvalue weighted by Crippen LogP contribution is -1.96. The highest BCUT2D eigenvalue weighted by molar-refractivity contribution is 9.10. The minimum absolute atomic E-state index is 0.479. The van der Waals surface area contributed by atoms with Crippen molar-refractivity contribution in [2.24, 2.45) is 0 Å². The van der Waals surface area contributed by atoms with Crippen LogP contribution in [0.5, 0.6) is 0 Å². The largest absolute Gasteiger partial charge is 0.398 e. The molecule has 0 saturated heterocycles. The Morgan fingerprint density at radius 1 is 1.22 bits per heavy atom. The topological polar surface area (TPSA) is 61.8 Å². The van der Waals surface area contributed by atoms with Gasteiger partial charge in [0.2, 0.25) is 0 Å². The van der Waals surface area contributed by atoms with E-state index < -0.39 is 0 Å². The second-order valence-corrected chi connectivity index (χ2v) is 4.91. The third-order valence-electron chi connectivity index (χ3n) is 2.65. The smallest absolute Gasteiger partial charge is 0.101 e. The highest BCUT2D eigenvalue weighted by Gasteiger charge is 2.03. The maximum Gasteiger partial charge on any atom is 0.101 e. The third kappa shape index (κ3) is 2.63. The molecule has 90 valence electrons. The molecular formula is C14H12BrN3. The maximum atomic E-state index is 8.94. The Hall–Kier alpha value is -1.99. The predicted octanol–water partition coefficient (Wildman–Crippen LogP) is 3.96. The summed E-state index contributed by atoms with van der Waals surface area (Å²) in [5.74, 6) is 0. The van der Waals surface area contributed by atoms with E-state index in [1.54, 1.807) is 12.1 Å². The molecule has 3 N–H and O–H groups in total. The SMILES string of the molecule is Cc1ccc(Br)cc1Nc1ccc(N)c(C#N)c1. The number of hydrogen-bond acceptors (Lipinski definition) is 3. The first-order chi connectivity index (χ1) is 8.60. The van der Waals surface area contributed by atoms with Gasteiger partial charge in [-0.15, -0.1) is 0 Å². The van der Waals surface area contributed by atoms with Crippen molar-refractivity contribution in [3.05, 3.63) is 52.0 Å². The molecule has 0 fully saturated rings. The molecule has 0 spiro atoms. The van der Waals surface area contributed by atoms with Crippen LogP contribution in [-0.2, 0) is 0 Å². The van der Waals surface area contributed by atoms with Gasteiger partial charge in [0.05, 0.1) is 5.56 Å². The van der Waals surface area contributed by atoms with Crippen LogP contribution in [0.15, 0.2) is 40.9 Å². The molecule has 0 heterocycles. The van der Waals surface area contributed by atoms with Crippen molar-refractivity contribution in [2.45, 2.75) is 6.92 Å². The minimum Gasteiger partial charge on any atom is -0.398 e. The molecule has 18 heavy (non-hydrogen) atoms. The maximum absolute atomic E-state index is 8.94. The van der Waals surface area contributed by atoms with Crippen molar-refractivity contribution in [1.82, 2.24) is 0 Å². The van der Waals surface area contributed by atoms with Crippen LogP contribution >= 0.6 is 15.9 Å². The average molecular weight is 302 g/mol. The van der Waals surface area contributed by atoms with E-state index in [9.17, 15) is 0 Å². The molecule has 4 heteroatoms. The fraction of sp³-hybridized carbons (Fsp3) is 0.0714. The number of nitrogens with one attached hydrogen (secondary N) is 1. The Bertz CT molecular complexity index is 629. The lowest BCUT2D eigenvalue weighted by atomic mass is 10.1. The third-order valence-corrected chi connectivity index (χ3v) is 3.15. The Balaban J connectivity index is 2.34. The van der Waals surface area contributed by atoms with Crippen molar-refractivity contribution in [1.29, 1.82) is 5.26 Å². The molecule has 2 aromatic carbocycles. The zero-order chi connectivity index (χ0) is 13.1. The molecule has 0 aliphatic rings. The van der Waals surface area contributed by atoms with Crippen LogP contribution < -0.4 is 11.1 Å². The molecule has 0 saturated carbocycles. The summed E-state index contributed by atoms with van der Waals surface area (Å²) in [6.45, 7) is 2.03. The van der Waals surface area contributed by atoms with Gasteiger partial charge in [-0.3, -0.25) is 0 Å². The number of hydrogen-bond donors (Lipinski definition) is 2. The molecular weight excluding hydrogens is 290 g/mol. The van der Waals surface area contributed by atoms with Gasteiger partial charge in [0, 0.05) is 21.5 Å². The van der Waals surface area contributed by atoms with Gasteiger partial charge in [0.25, 0.3) is 0 Å². The highest BCUT2D eigenvalue weighted by Crippen LogP contribution is 2.26. The fourth-order valence-corrected chi connectivity index (χ4v) is 1.98. The first-order valence-corrected chi connectivity index (χ1v) is 6.22. The molecule has 0 aliphatic carbocycles. The summed E-state index contributed by atoms with van der Waals surface area (Å²) in [6.07, 6.45) is 0. The zero-order valence-corrected chi connectivity index (χ0v) is 11.5. The molecule has 2 rings (SSSR count). The first-order valence-electron chi connectivity index (χ1n) is 5.43. The number of aryl methyl sites for hydroxylation is 1. The number of nitriles is 1. The summed E-state index contributed by atoms with van der Waals surface area (Å²) in [4.78, 5) is 0. The van der Waals surface area contributed by atoms with E-state index in [1.165, 1.54) is 0 Å². The number of nitrogen functional groups attached to an aromatic ring is 1. The molecule has 0 aliphatic heterocycles. The van der Waals surface area contributed by atoms with Gasteiger partial charge in [-0.1, -0.05) is 22.0 Å². The summed E-state index contributed by atoms with van der Waals surface area (Å²) >= 11 is 3.44. The van der Waals surface area contributed by atoms with Gasteiger partial charge in [-0.25, -0.2) is 0 Å². The number of anilines is 3. The second kappa shape index (κ2) is 5.11. The van der Waals surface area contributed by atoms with E-state index in [0.717, 1.165) is 21.4 Å². The van der Waals surface area contributed by atoms with E-state index in [2.05, 4.69) is 27.3 Å². The highest BCUT2D eigenvalue weighted by atomic mass is 79.9. The lowest BCUT2D eigenvalue weighted by Gasteiger charge is -2.11. The number of benzene rings is 2. The summed E-state index contributed by atoms with van der Waals surface area (Å²) in [5.41, 5.74) is 9.64. The lowest BCUT2D eigenvalue weighted by molar-refractivity contribution is 1.41. The van der Waals surface area contributed by atoms with Gasteiger partial charge in [0.1, 0.15) is 6.07 Å². The second-order valence-electron chi connectivity index (χ2n) is 4.00. The fourth-order valence-electron chi connectivity index (χ4n) is 1.62. The predicted molar refractivity (Wildman–Crippen MR) is 77.7 cm³/mol. The molecule has 0 bridgehead atoms. The normalized spacial score (nSPS) is 9.83. The van der Waals surface area contributed by atoms with Crippen molar-refractivity contribution in [3.8, 4) is 6.07 Å². The summed E-state index contributed by atoms with van der Waals surface area (Å²) in [6, 6.07) is 13.4. The molecule has 0 aromatic heterocycles. The Labute approximate surface area is 114 Å². The molecule has 3 nitrogen and oxygen atoms in total. The number of nitrogens with two attached hydrogens (primary N) is 1. The summed E-state index contributed by atoms with van der Waals surface area (Å²) in [7, 11) is 0. The molecule has 0 unspecified atom stereocenters. The van der Waals surface area contributed by atoms with E-state index in [1.807, 2.05) is 31.2 Å². The van der Waals surface area contributed by atoms with Gasteiger partial charge in [0.15, 0.2) is 0 Å². The van der Waals surface area contributed by atoms with Crippen molar-refractivity contribution in [2.75, 3.05) is 11.1 Å². The van der Waals surface area contributed by atoms with Crippen molar-refractivity contribution in [3.63, 3.8) is 0 Å². The van der Waals surface area contributed by atoms with Crippen LogP contribution in [0.25, 0.3) is 0 Å². The van der Waals surface area contributed by atoms with Crippen molar-refractivity contribution >= 4 is 33.0 Å². The molecule has 0 amide bonds. The molecule has 0 atom stereocenters. The van der Waals surface area contributed by atoms with Crippen LogP contribution in [0.4, 0.5) is 17.1 Å². The van der Waals surface area contributed by atoms with E-state index in [0.29, 0.717) is 11.3 Å². The summed E-state index contributed by atoms with van der Waals surface area (Å²) < 4.78 is 1.01. The van der Waals surface area contributed by atoms with Crippen LogP contribution in [0.1, 0.15) is 11.1 Å². The Morgan fingerprint density at radius 2 is 2.00 bits per heavy atom. The van der Waals surface area contributed by atoms with Crippen LogP contribution in [0.2, 0.25) is 0 Å². The van der Waals surface area contributed by atoms with Gasteiger partial charge in [-0.2, -0.15) is 5.26 Å². The van der Waals surface area contributed by atoms with Crippen LogP contribution in [0.3, 0.4) is 0 Å². The number of nitrogens with zero attached hydrogens (tertiary/aromatic N) is 1. The Kier molecular flexibility index (Phi) is 3.54. The Morgan fingerprint density at radius 3 is 2.72 bits per heavy atom. The van der Waals surface area contributed by atoms with Gasteiger partial charge < -0.3 is 11.1 Å². The van der Waals surface area contributed by atoms with E-state index in [4.69, 9.17) is 11.0 Å². The quantitative estimate of drug-likeness (QED) is 0.826. The monoisotopic (exact) mass is 301 g/mol. The molecule has 0 radical (unpaired) electrons. The van der Waals surface area contributed by atoms with Crippen LogP contribution in [-0.4, -0.2) is 0 Å². The number of halogens is 1. The van der Waals surface area contributed by atoms with E-state index >= 15 is 0 Å². The zero-order valence-electron chi connectivity index (χ0n) is 9.87. The first kappa shape index (κ1) is 12.5. The molecule has 2 aromatic rings. The standard InChI is InChI=1S/C14H12BrN3/c1-9-2-3-11(15)7-14(9)18-12-4-5-13(17)10(6-12)8-16/h2-7,18H,17H2,1H3. The van der Waals surface area contributed by atoms with E-state index in [-0.39, 0.29) is 0 Å². The van der Waals surface area contributed by atoms with Gasteiger partial charge in [-0.05, 0) is 42.8 Å². The number of rotatable bonds is 2. The van der Waals surface area contributed by atoms with Crippen LogP contribution in [0, 0.1) is 18.3 Å². The van der Waals surface area contributed by atoms with Crippen molar-refractivity contribution < 1.29 is 0 Å².